The minimum Gasteiger partial charge on any atom is -0.487 e. The minimum absolute atomic E-state index is 0.285. The topological polar surface area (TPSA) is 101 Å². The highest BCUT2D eigenvalue weighted by atomic mass is 16.5. The third kappa shape index (κ3) is 4.38. The lowest BCUT2D eigenvalue weighted by molar-refractivity contribution is -0.137. The SMILES string of the molecule is CC(C(=O)NCc1ccc(OCc2ccccn2)cc1)N1C(=O)NC2(CCCC2)C1=O. The van der Waals surface area contributed by atoms with Crippen LogP contribution < -0.4 is 15.4 Å². The van der Waals surface area contributed by atoms with Crippen LogP contribution >= 0.6 is 0 Å². The molecule has 1 aromatic carbocycles. The second kappa shape index (κ2) is 8.75. The summed E-state index contributed by atoms with van der Waals surface area (Å²) < 4.78 is 5.71. The van der Waals surface area contributed by atoms with E-state index >= 15 is 0 Å². The van der Waals surface area contributed by atoms with Gasteiger partial charge in [-0.15, -0.1) is 0 Å². The molecule has 1 saturated heterocycles. The van der Waals surface area contributed by atoms with Crippen molar-refractivity contribution in [2.45, 2.75) is 57.3 Å². The van der Waals surface area contributed by atoms with Gasteiger partial charge in [-0.25, -0.2) is 9.69 Å². The zero-order valence-corrected chi connectivity index (χ0v) is 17.5. The number of ether oxygens (including phenoxy) is 1. The maximum atomic E-state index is 12.8. The van der Waals surface area contributed by atoms with E-state index < -0.39 is 17.6 Å². The van der Waals surface area contributed by atoms with Gasteiger partial charge in [-0.3, -0.25) is 14.6 Å². The predicted octanol–water partition coefficient (Wildman–Crippen LogP) is 2.53. The van der Waals surface area contributed by atoms with Crippen LogP contribution in [0.5, 0.6) is 5.75 Å². The van der Waals surface area contributed by atoms with Gasteiger partial charge in [0.05, 0.1) is 5.69 Å². The highest BCUT2D eigenvalue weighted by Crippen LogP contribution is 2.35. The van der Waals surface area contributed by atoms with E-state index in [0.29, 0.717) is 31.7 Å². The lowest BCUT2D eigenvalue weighted by Gasteiger charge is -2.23. The van der Waals surface area contributed by atoms with E-state index in [4.69, 9.17) is 4.74 Å². The Bertz CT molecular complexity index is 955. The Balaban J connectivity index is 1.29. The largest absolute Gasteiger partial charge is 0.487 e. The Hall–Kier alpha value is -3.42. The van der Waals surface area contributed by atoms with Gasteiger partial charge in [-0.1, -0.05) is 31.0 Å². The minimum atomic E-state index is -0.867. The van der Waals surface area contributed by atoms with Crippen molar-refractivity contribution >= 4 is 17.8 Å². The van der Waals surface area contributed by atoms with E-state index in [9.17, 15) is 14.4 Å². The molecule has 1 aliphatic carbocycles. The number of nitrogens with zero attached hydrogens (tertiary/aromatic N) is 2. The third-order valence-corrected chi connectivity index (χ3v) is 5.92. The van der Waals surface area contributed by atoms with Gasteiger partial charge < -0.3 is 15.4 Å². The van der Waals surface area contributed by atoms with Gasteiger partial charge >= 0.3 is 6.03 Å². The number of carbonyl (C=O) groups excluding carboxylic acids is 3. The van der Waals surface area contributed by atoms with Gasteiger partial charge in [0, 0.05) is 12.7 Å². The number of urea groups is 1. The lowest BCUT2D eigenvalue weighted by Crippen LogP contribution is -2.49. The van der Waals surface area contributed by atoms with Crippen LogP contribution in [0.1, 0.15) is 43.9 Å². The van der Waals surface area contributed by atoms with E-state index in [1.807, 2.05) is 42.5 Å². The first-order valence-corrected chi connectivity index (χ1v) is 10.5. The van der Waals surface area contributed by atoms with Gasteiger partial charge in [0.2, 0.25) is 5.91 Å². The van der Waals surface area contributed by atoms with E-state index in [0.717, 1.165) is 29.0 Å². The van der Waals surface area contributed by atoms with Gasteiger partial charge in [0.15, 0.2) is 0 Å². The molecule has 2 N–H and O–H groups in total. The maximum Gasteiger partial charge on any atom is 0.325 e. The third-order valence-electron chi connectivity index (χ3n) is 5.92. The summed E-state index contributed by atoms with van der Waals surface area (Å²) in [7, 11) is 0. The molecule has 2 aliphatic rings. The molecule has 2 heterocycles. The number of carbonyl (C=O) groups is 3. The number of imide groups is 1. The number of amides is 4. The van der Waals surface area contributed by atoms with Crippen molar-refractivity contribution in [2.75, 3.05) is 0 Å². The average molecular weight is 422 g/mol. The molecule has 162 valence electrons. The van der Waals surface area contributed by atoms with Gasteiger partial charge in [0.1, 0.15) is 23.9 Å². The van der Waals surface area contributed by atoms with E-state index in [1.165, 1.54) is 0 Å². The van der Waals surface area contributed by atoms with Gasteiger partial charge in [-0.05, 0) is 49.6 Å². The summed E-state index contributed by atoms with van der Waals surface area (Å²) in [4.78, 5) is 43.1. The Morgan fingerprint density at radius 2 is 1.94 bits per heavy atom. The fourth-order valence-electron chi connectivity index (χ4n) is 4.11. The van der Waals surface area contributed by atoms with E-state index in [2.05, 4.69) is 15.6 Å². The second-order valence-corrected chi connectivity index (χ2v) is 8.04. The molecule has 4 amide bonds. The first-order valence-electron chi connectivity index (χ1n) is 10.5. The van der Waals surface area contributed by atoms with Crippen LogP contribution in [0.3, 0.4) is 0 Å². The molecule has 1 aromatic heterocycles. The Labute approximate surface area is 181 Å². The fourth-order valence-corrected chi connectivity index (χ4v) is 4.11. The number of pyridine rings is 1. The van der Waals surface area contributed by atoms with Crippen LogP contribution in [0.15, 0.2) is 48.7 Å². The summed E-state index contributed by atoms with van der Waals surface area (Å²) in [6, 6.07) is 11.7. The molecule has 0 radical (unpaired) electrons. The summed E-state index contributed by atoms with van der Waals surface area (Å²) in [5.74, 6) is 0.0522. The van der Waals surface area contributed by atoms with Crippen molar-refractivity contribution in [3.63, 3.8) is 0 Å². The molecule has 0 bridgehead atoms. The van der Waals surface area contributed by atoms with Crippen LogP contribution in [0.25, 0.3) is 0 Å². The zero-order chi connectivity index (χ0) is 21.8. The average Bonchev–Trinajstić information content (AvgIpc) is 3.36. The zero-order valence-electron chi connectivity index (χ0n) is 17.5. The quantitative estimate of drug-likeness (QED) is 0.668. The van der Waals surface area contributed by atoms with Crippen molar-refractivity contribution in [3.8, 4) is 5.75 Å². The van der Waals surface area contributed by atoms with E-state index in [1.54, 1.807) is 13.1 Å². The highest BCUT2D eigenvalue weighted by molar-refractivity contribution is 6.09. The molecule has 1 atom stereocenters. The number of rotatable bonds is 7. The number of hydrogen-bond donors (Lipinski definition) is 2. The summed E-state index contributed by atoms with van der Waals surface area (Å²) in [6.45, 7) is 2.25. The van der Waals surface area contributed by atoms with Crippen molar-refractivity contribution in [1.29, 1.82) is 0 Å². The molecular weight excluding hydrogens is 396 g/mol. The smallest absolute Gasteiger partial charge is 0.325 e. The number of benzene rings is 1. The number of hydrogen-bond acceptors (Lipinski definition) is 5. The molecule has 31 heavy (non-hydrogen) atoms. The molecule has 8 nitrogen and oxygen atoms in total. The number of aromatic nitrogens is 1. The van der Waals surface area contributed by atoms with Crippen LogP contribution in [0, 0.1) is 0 Å². The standard InChI is InChI=1S/C23H26N4O4/c1-16(27-21(29)23(26-22(27)30)11-3-4-12-23)20(28)25-14-17-7-9-19(10-8-17)31-15-18-6-2-5-13-24-18/h2,5-10,13,16H,3-4,11-12,14-15H2,1H3,(H,25,28)(H,26,30). The second-order valence-electron chi connectivity index (χ2n) is 8.04. The molecule has 2 aromatic rings. The van der Waals surface area contributed by atoms with Crippen LogP contribution in [-0.2, 0) is 22.7 Å². The van der Waals surface area contributed by atoms with Gasteiger partial charge in [0.25, 0.3) is 5.91 Å². The van der Waals surface area contributed by atoms with Crippen LogP contribution in [0.2, 0.25) is 0 Å². The maximum absolute atomic E-state index is 12.8. The first-order chi connectivity index (χ1) is 15.0. The molecule has 1 saturated carbocycles. The lowest BCUT2D eigenvalue weighted by atomic mass is 9.97. The Kier molecular flexibility index (Phi) is 5.88. The Morgan fingerprint density at radius 3 is 2.61 bits per heavy atom. The Morgan fingerprint density at radius 1 is 1.19 bits per heavy atom. The summed E-state index contributed by atoms with van der Waals surface area (Å²) in [5.41, 5.74) is 0.916. The van der Waals surface area contributed by atoms with Crippen molar-refractivity contribution in [3.05, 3.63) is 59.9 Å². The first kappa shape index (κ1) is 20.8. The van der Waals surface area contributed by atoms with Gasteiger partial charge in [-0.2, -0.15) is 0 Å². The number of nitrogens with one attached hydrogen (secondary N) is 2. The van der Waals surface area contributed by atoms with Crippen LogP contribution in [0.4, 0.5) is 4.79 Å². The van der Waals surface area contributed by atoms with Crippen molar-refractivity contribution in [1.82, 2.24) is 20.5 Å². The van der Waals surface area contributed by atoms with Crippen LogP contribution in [-0.4, -0.2) is 39.3 Å². The molecule has 2 fully saturated rings. The molecule has 1 spiro atoms. The summed E-state index contributed by atoms with van der Waals surface area (Å²) >= 11 is 0. The summed E-state index contributed by atoms with van der Waals surface area (Å²) in [5, 5.41) is 5.62. The molecular formula is C23H26N4O4. The predicted molar refractivity (Wildman–Crippen MR) is 113 cm³/mol. The molecule has 1 aliphatic heterocycles. The van der Waals surface area contributed by atoms with E-state index in [-0.39, 0.29) is 11.8 Å². The fraction of sp³-hybridized carbons (Fsp3) is 0.391. The van der Waals surface area contributed by atoms with Crippen molar-refractivity contribution in [2.24, 2.45) is 0 Å². The molecule has 4 rings (SSSR count). The monoisotopic (exact) mass is 422 g/mol. The highest BCUT2D eigenvalue weighted by Gasteiger charge is 2.54. The normalized spacial score (nSPS) is 18.2. The molecule has 8 heteroatoms. The summed E-state index contributed by atoms with van der Waals surface area (Å²) in [6.07, 6.45) is 4.80. The molecule has 1 unspecified atom stereocenters. The van der Waals surface area contributed by atoms with Crippen molar-refractivity contribution < 1.29 is 19.1 Å².